The summed E-state index contributed by atoms with van der Waals surface area (Å²) in [5.41, 5.74) is 5.23. The maximum absolute atomic E-state index is 10.4. The van der Waals surface area contributed by atoms with Crippen LogP contribution in [-0.4, -0.2) is 22.9 Å². The highest BCUT2D eigenvalue weighted by atomic mass is 16.4. The smallest absolute Gasteiger partial charge is 0.320 e. The van der Waals surface area contributed by atoms with Crippen LogP contribution in [0.1, 0.15) is 12.8 Å². The zero-order valence-electron chi connectivity index (χ0n) is 5.41. The maximum atomic E-state index is 10.4. The van der Waals surface area contributed by atoms with Gasteiger partial charge in [0.2, 0.25) is 0 Å². The van der Waals surface area contributed by atoms with Gasteiger partial charge >= 0.3 is 5.97 Å². The van der Waals surface area contributed by atoms with Gasteiger partial charge < -0.3 is 10.8 Å². The minimum atomic E-state index is -1.02. The first-order valence-electron chi connectivity index (χ1n) is 3.11. The first-order chi connectivity index (χ1) is 4.61. The Kier molecular flexibility index (Phi) is 1.72. The normalized spacial score (nSPS) is 21.9. The van der Waals surface area contributed by atoms with E-state index in [4.69, 9.17) is 10.8 Å². The molecule has 1 aliphatic carbocycles. The number of aliphatic carboxylic acids is 1. The monoisotopic (exact) mass is 143 g/mol. The molecule has 1 unspecified atom stereocenters. The molecule has 0 amide bonds. The molecule has 4 nitrogen and oxygen atoms in total. The van der Waals surface area contributed by atoms with Gasteiger partial charge in [-0.3, -0.25) is 9.59 Å². The molecule has 0 saturated heterocycles. The lowest BCUT2D eigenvalue weighted by molar-refractivity contribution is -0.142. The van der Waals surface area contributed by atoms with E-state index < -0.39 is 12.0 Å². The largest absolute Gasteiger partial charge is 0.480 e. The zero-order chi connectivity index (χ0) is 7.72. The fourth-order valence-electron chi connectivity index (χ4n) is 0.981. The van der Waals surface area contributed by atoms with Crippen molar-refractivity contribution in [2.24, 2.45) is 11.7 Å². The van der Waals surface area contributed by atoms with Crippen LogP contribution >= 0.6 is 0 Å². The molecule has 1 fully saturated rings. The van der Waals surface area contributed by atoms with Crippen molar-refractivity contribution in [2.75, 3.05) is 0 Å². The summed E-state index contributed by atoms with van der Waals surface area (Å²) < 4.78 is 0. The van der Waals surface area contributed by atoms with E-state index in [1.54, 1.807) is 0 Å². The molecule has 0 aliphatic heterocycles. The molecule has 0 bridgehead atoms. The van der Waals surface area contributed by atoms with E-state index in [1.165, 1.54) is 0 Å². The number of hydrogen-bond donors (Lipinski definition) is 2. The average molecular weight is 143 g/mol. The van der Waals surface area contributed by atoms with Crippen molar-refractivity contribution in [3.8, 4) is 0 Å². The third-order valence-corrected chi connectivity index (χ3v) is 1.77. The van der Waals surface area contributed by atoms with Gasteiger partial charge in [-0.1, -0.05) is 0 Å². The van der Waals surface area contributed by atoms with Gasteiger partial charge in [0.15, 0.2) is 0 Å². The Balaban J connectivity index is 2.37. The molecule has 0 aromatic rings. The SMILES string of the molecule is NC(C(=O)O)C1CC(=O)C1. The van der Waals surface area contributed by atoms with Gasteiger partial charge in [0, 0.05) is 12.8 Å². The Morgan fingerprint density at radius 3 is 2.50 bits per heavy atom. The van der Waals surface area contributed by atoms with E-state index in [1.807, 2.05) is 0 Å². The summed E-state index contributed by atoms with van der Waals surface area (Å²) in [7, 11) is 0. The van der Waals surface area contributed by atoms with Crippen LogP contribution in [0.25, 0.3) is 0 Å². The Bertz CT molecular complexity index is 170. The molecule has 0 radical (unpaired) electrons. The molecule has 1 atom stereocenters. The van der Waals surface area contributed by atoms with Crippen molar-refractivity contribution in [3.05, 3.63) is 0 Å². The number of carboxylic acid groups (broad SMARTS) is 1. The molecule has 4 heteroatoms. The summed E-state index contributed by atoms with van der Waals surface area (Å²) in [4.78, 5) is 20.6. The van der Waals surface area contributed by atoms with Gasteiger partial charge in [-0.15, -0.1) is 0 Å². The topological polar surface area (TPSA) is 80.4 Å². The standard InChI is InChI=1S/C6H9NO3/c7-5(6(9)10)3-1-4(8)2-3/h3,5H,1-2,7H2,(H,9,10). The molecule has 10 heavy (non-hydrogen) atoms. The lowest BCUT2D eigenvalue weighted by atomic mass is 9.79. The van der Waals surface area contributed by atoms with Crippen LogP contribution in [0.15, 0.2) is 0 Å². The second-order valence-corrected chi connectivity index (χ2v) is 2.57. The van der Waals surface area contributed by atoms with E-state index in [0.717, 1.165) is 0 Å². The number of Topliss-reactive ketones (excluding diaryl/α,β-unsaturated/α-hetero) is 1. The number of nitrogens with two attached hydrogens (primary N) is 1. The summed E-state index contributed by atoms with van der Waals surface area (Å²) >= 11 is 0. The second kappa shape index (κ2) is 2.38. The number of carboxylic acids is 1. The van der Waals surface area contributed by atoms with Gasteiger partial charge in [0.1, 0.15) is 11.8 Å². The van der Waals surface area contributed by atoms with E-state index >= 15 is 0 Å². The highest BCUT2D eigenvalue weighted by Crippen LogP contribution is 2.25. The predicted octanol–water partition coefficient (Wildman–Crippen LogP) is -0.623. The molecule has 0 heterocycles. The summed E-state index contributed by atoms with van der Waals surface area (Å²) in [5, 5.41) is 8.37. The van der Waals surface area contributed by atoms with Crippen molar-refractivity contribution in [3.63, 3.8) is 0 Å². The second-order valence-electron chi connectivity index (χ2n) is 2.57. The van der Waals surface area contributed by atoms with Crippen molar-refractivity contribution in [2.45, 2.75) is 18.9 Å². The fourth-order valence-corrected chi connectivity index (χ4v) is 0.981. The Morgan fingerprint density at radius 1 is 1.70 bits per heavy atom. The minimum Gasteiger partial charge on any atom is -0.480 e. The third kappa shape index (κ3) is 1.16. The van der Waals surface area contributed by atoms with Gasteiger partial charge in [-0.25, -0.2) is 0 Å². The lowest BCUT2D eigenvalue weighted by Crippen LogP contribution is -2.44. The molecular formula is C6H9NO3. The fraction of sp³-hybridized carbons (Fsp3) is 0.667. The number of carbonyl (C=O) groups is 2. The third-order valence-electron chi connectivity index (χ3n) is 1.77. The van der Waals surface area contributed by atoms with Crippen LogP contribution in [0, 0.1) is 5.92 Å². The summed E-state index contributed by atoms with van der Waals surface area (Å²) in [5.74, 6) is -1.02. The van der Waals surface area contributed by atoms with Crippen molar-refractivity contribution in [1.29, 1.82) is 0 Å². The summed E-state index contributed by atoms with van der Waals surface area (Å²) in [6, 6.07) is -0.849. The van der Waals surface area contributed by atoms with Gasteiger partial charge in [0.25, 0.3) is 0 Å². The van der Waals surface area contributed by atoms with Crippen molar-refractivity contribution < 1.29 is 14.7 Å². The first-order valence-corrected chi connectivity index (χ1v) is 3.11. The Hall–Kier alpha value is -0.900. The summed E-state index contributed by atoms with van der Waals surface area (Å²) in [6.07, 6.45) is 0.681. The van der Waals surface area contributed by atoms with Crippen LogP contribution in [0.4, 0.5) is 0 Å². The first kappa shape index (κ1) is 7.21. The van der Waals surface area contributed by atoms with Crippen LogP contribution in [0.2, 0.25) is 0 Å². The van der Waals surface area contributed by atoms with Crippen LogP contribution in [-0.2, 0) is 9.59 Å². The van der Waals surface area contributed by atoms with Crippen LogP contribution < -0.4 is 5.73 Å². The molecule has 3 N–H and O–H groups in total. The number of ketones is 1. The number of carbonyl (C=O) groups excluding carboxylic acids is 1. The molecule has 0 aromatic heterocycles. The molecule has 1 rings (SSSR count). The predicted molar refractivity (Wildman–Crippen MR) is 33.3 cm³/mol. The maximum Gasteiger partial charge on any atom is 0.320 e. The molecule has 1 aliphatic rings. The molecular weight excluding hydrogens is 134 g/mol. The quantitative estimate of drug-likeness (QED) is 0.539. The molecule has 56 valence electrons. The zero-order valence-corrected chi connectivity index (χ0v) is 5.41. The Labute approximate surface area is 58.0 Å². The number of rotatable bonds is 2. The minimum absolute atomic E-state index is 0.113. The lowest BCUT2D eigenvalue weighted by Gasteiger charge is -2.26. The van der Waals surface area contributed by atoms with Gasteiger partial charge in [-0.05, 0) is 5.92 Å². The molecule has 1 saturated carbocycles. The highest BCUT2D eigenvalue weighted by molar-refractivity contribution is 5.87. The molecule has 0 spiro atoms. The van der Waals surface area contributed by atoms with Crippen LogP contribution in [0.3, 0.4) is 0 Å². The van der Waals surface area contributed by atoms with Gasteiger partial charge in [0.05, 0.1) is 0 Å². The van der Waals surface area contributed by atoms with E-state index in [2.05, 4.69) is 0 Å². The van der Waals surface area contributed by atoms with E-state index in [0.29, 0.717) is 12.8 Å². The van der Waals surface area contributed by atoms with E-state index in [9.17, 15) is 9.59 Å². The van der Waals surface area contributed by atoms with E-state index in [-0.39, 0.29) is 11.7 Å². The molecule has 0 aromatic carbocycles. The van der Waals surface area contributed by atoms with Gasteiger partial charge in [-0.2, -0.15) is 0 Å². The highest BCUT2D eigenvalue weighted by Gasteiger charge is 2.35. The Morgan fingerprint density at radius 2 is 2.20 bits per heavy atom. The van der Waals surface area contributed by atoms with Crippen LogP contribution in [0.5, 0.6) is 0 Å². The number of hydrogen-bond acceptors (Lipinski definition) is 3. The van der Waals surface area contributed by atoms with Crippen molar-refractivity contribution >= 4 is 11.8 Å². The average Bonchev–Trinajstić information content (AvgIpc) is 1.79. The van der Waals surface area contributed by atoms with Crippen molar-refractivity contribution in [1.82, 2.24) is 0 Å². The summed E-state index contributed by atoms with van der Waals surface area (Å²) in [6.45, 7) is 0.